The molecule has 2 aliphatic heterocycles. The number of nitrogens with two attached hydrogens (primary N) is 1. The van der Waals surface area contributed by atoms with E-state index in [0.717, 1.165) is 0 Å². The Balaban J connectivity index is 1.76. The van der Waals surface area contributed by atoms with Crippen LogP contribution < -0.4 is 5.73 Å². The minimum atomic E-state index is -3.34. The van der Waals surface area contributed by atoms with Crippen LogP contribution in [0.5, 0.6) is 0 Å². The maximum Gasteiger partial charge on any atom is 0.325 e. The van der Waals surface area contributed by atoms with Crippen LogP contribution in [0.25, 0.3) is 11.0 Å². The summed E-state index contributed by atoms with van der Waals surface area (Å²) in [6.07, 6.45) is -1.82. The van der Waals surface area contributed by atoms with Crippen molar-refractivity contribution in [2.45, 2.75) is 24.5 Å². The molecule has 2 fully saturated rings. The molecule has 2 aliphatic rings. The van der Waals surface area contributed by atoms with E-state index in [1.165, 1.54) is 6.33 Å². The Morgan fingerprint density at radius 1 is 1.48 bits per heavy atom. The average Bonchev–Trinajstić information content (AvgIpc) is 2.97. The maximum atomic E-state index is 10.6. The van der Waals surface area contributed by atoms with Crippen LogP contribution in [0.4, 0.5) is 5.82 Å². The topological polar surface area (TPSA) is 125 Å². The molecule has 9 nitrogen and oxygen atoms in total. The van der Waals surface area contributed by atoms with E-state index >= 15 is 0 Å². The molecule has 2 aromatic heterocycles. The van der Waals surface area contributed by atoms with Gasteiger partial charge in [-0.15, -0.1) is 0 Å². The zero-order valence-corrected chi connectivity index (χ0v) is 14.7. The minimum Gasteiger partial charge on any atom is -0.386 e. The summed E-state index contributed by atoms with van der Waals surface area (Å²) in [5.74, 6) is 0.324. The number of nitrogens with zero attached hydrogens (tertiary/aromatic N) is 3. The van der Waals surface area contributed by atoms with Gasteiger partial charge in [0, 0.05) is 0 Å². The van der Waals surface area contributed by atoms with Crippen molar-refractivity contribution in [2.75, 3.05) is 12.3 Å². The Kier molecular flexibility index (Phi) is 3.74. The second kappa shape index (κ2) is 5.43. The van der Waals surface area contributed by atoms with Crippen LogP contribution in [0.2, 0.25) is 0 Å². The summed E-state index contributed by atoms with van der Waals surface area (Å²) >= 11 is 8.25. The molecule has 0 aromatic carbocycles. The fourth-order valence-corrected chi connectivity index (χ4v) is 4.85. The largest absolute Gasteiger partial charge is 0.386 e. The van der Waals surface area contributed by atoms with Crippen molar-refractivity contribution >= 4 is 51.3 Å². The number of fused-ring (bicyclic) bond motifs is 2. The number of aliphatic hydroxyl groups excluding tert-OH is 1. The normalized spacial score (nSPS) is 37.2. The molecule has 4 rings (SSSR count). The molecule has 2 saturated heterocycles. The Bertz CT molecular complexity index is 834. The smallest absolute Gasteiger partial charge is 0.325 e. The standard InChI is InChI=1S/C11H12BrN4O5PS/c12-6-1-4-9(13)14-3-15-10(4)16(6)11-7(17)8-5(20-11)2-19-22(18,23)21-8/h1,3,5,7-8,11,17H,2H2,(H,18,23)(H2,13,14,15)/t5-,7-,8-,11-,22?/m1/s1. The summed E-state index contributed by atoms with van der Waals surface area (Å²) in [5.41, 5.74) is 6.36. The van der Waals surface area contributed by atoms with Gasteiger partial charge in [-0.25, -0.2) is 9.97 Å². The van der Waals surface area contributed by atoms with E-state index in [4.69, 9.17) is 31.3 Å². The first-order valence-electron chi connectivity index (χ1n) is 6.63. The second-order valence-corrected chi connectivity index (χ2v) is 8.83. The van der Waals surface area contributed by atoms with E-state index in [9.17, 15) is 10.00 Å². The molecule has 12 heteroatoms. The number of ether oxygens (including phenoxy) is 1. The van der Waals surface area contributed by atoms with Crippen LogP contribution in [0, 0.1) is 0 Å². The Morgan fingerprint density at radius 3 is 3.04 bits per heavy atom. The number of aromatic nitrogens is 3. The molecule has 4 heterocycles. The lowest BCUT2D eigenvalue weighted by Crippen LogP contribution is -2.39. The summed E-state index contributed by atoms with van der Waals surface area (Å²) in [5, 5.41) is 11.2. The van der Waals surface area contributed by atoms with Crippen LogP contribution in [0.3, 0.4) is 0 Å². The summed E-state index contributed by atoms with van der Waals surface area (Å²) in [6.45, 7) is -3.28. The molecule has 0 bridgehead atoms. The third-order valence-corrected chi connectivity index (χ3v) is 6.01. The minimum absolute atomic E-state index is 0.0555. The lowest BCUT2D eigenvalue weighted by molar-refractivity contribution is -0.0598. The van der Waals surface area contributed by atoms with Crippen LogP contribution in [-0.4, -0.2) is 49.5 Å². The lowest BCUT2D eigenvalue weighted by atomic mass is 10.1. The van der Waals surface area contributed by atoms with Crippen molar-refractivity contribution in [2.24, 2.45) is 0 Å². The van der Waals surface area contributed by atoms with E-state index in [2.05, 4.69) is 25.9 Å². The fraction of sp³-hybridized carbons (Fsp3) is 0.455. The molecule has 0 radical (unpaired) electrons. The van der Waals surface area contributed by atoms with Gasteiger partial charge in [0.15, 0.2) is 6.23 Å². The first kappa shape index (κ1) is 15.9. The van der Waals surface area contributed by atoms with E-state index in [-0.39, 0.29) is 6.61 Å². The first-order chi connectivity index (χ1) is 10.9. The molecule has 5 atom stereocenters. The van der Waals surface area contributed by atoms with E-state index in [1.54, 1.807) is 10.6 Å². The van der Waals surface area contributed by atoms with Crippen molar-refractivity contribution in [3.8, 4) is 0 Å². The summed E-state index contributed by atoms with van der Waals surface area (Å²) < 4.78 is 18.5. The monoisotopic (exact) mass is 422 g/mol. The number of rotatable bonds is 1. The van der Waals surface area contributed by atoms with E-state index in [0.29, 0.717) is 21.5 Å². The van der Waals surface area contributed by atoms with Gasteiger partial charge in [0.2, 0.25) is 0 Å². The molecular weight excluding hydrogens is 411 g/mol. The van der Waals surface area contributed by atoms with Gasteiger partial charge in [-0.2, -0.15) is 0 Å². The molecule has 0 aliphatic carbocycles. The predicted molar refractivity (Wildman–Crippen MR) is 86.9 cm³/mol. The highest BCUT2D eigenvalue weighted by molar-refractivity contribution is 9.10. The first-order valence-corrected chi connectivity index (χ1v) is 10.0. The lowest BCUT2D eigenvalue weighted by Gasteiger charge is -2.30. The van der Waals surface area contributed by atoms with Crippen LogP contribution >= 0.6 is 22.6 Å². The van der Waals surface area contributed by atoms with Gasteiger partial charge in [0.25, 0.3) is 0 Å². The molecule has 0 spiro atoms. The van der Waals surface area contributed by atoms with Crippen molar-refractivity contribution in [1.82, 2.24) is 14.5 Å². The van der Waals surface area contributed by atoms with Crippen LogP contribution in [0.1, 0.15) is 6.23 Å². The number of hydrogen-bond donors (Lipinski definition) is 3. The van der Waals surface area contributed by atoms with E-state index < -0.39 is 31.3 Å². The van der Waals surface area contributed by atoms with Gasteiger partial charge in [-0.1, -0.05) is 0 Å². The molecule has 4 N–H and O–H groups in total. The van der Waals surface area contributed by atoms with Gasteiger partial charge >= 0.3 is 6.72 Å². The van der Waals surface area contributed by atoms with Gasteiger partial charge in [-0.3, -0.25) is 9.09 Å². The number of aliphatic hydroxyl groups is 1. The predicted octanol–water partition coefficient (Wildman–Crippen LogP) is 0.666. The molecule has 0 saturated carbocycles. The Labute approximate surface area is 143 Å². The van der Waals surface area contributed by atoms with Crippen molar-refractivity contribution in [1.29, 1.82) is 0 Å². The van der Waals surface area contributed by atoms with Crippen molar-refractivity contribution in [3.05, 3.63) is 17.0 Å². The molecule has 124 valence electrons. The number of hydrogen-bond acceptors (Lipinski definition) is 8. The number of anilines is 1. The third kappa shape index (κ3) is 2.52. The summed E-state index contributed by atoms with van der Waals surface area (Å²) in [7, 11) is 0. The quantitative estimate of drug-likeness (QED) is 0.568. The van der Waals surface area contributed by atoms with Crippen molar-refractivity contribution in [3.63, 3.8) is 0 Å². The molecule has 23 heavy (non-hydrogen) atoms. The van der Waals surface area contributed by atoms with Gasteiger partial charge < -0.3 is 25.0 Å². The zero-order valence-electron chi connectivity index (χ0n) is 11.4. The van der Waals surface area contributed by atoms with Crippen molar-refractivity contribution < 1.29 is 23.8 Å². The molecule has 2 aromatic rings. The summed E-state index contributed by atoms with van der Waals surface area (Å²) in [6, 6.07) is 1.75. The average molecular weight is 423 g/mol. The molecule has 1 unspecified atom stereocenters. The highest BCUT2D eigenvalue weighted by Gasteiger charge is 2.51. The van der Waals surface area contributed by atoms with Gasteiger partial charge in [0.05, 0.1) is 16.6 Å². The Hall–Kier alpha value is -0.650. The van der Waals surface area contributed by atoms with Gasteiger partial charge in [0.1, 0.15) is 36.1 Å². The maximum absolute atomic E-state index is 10.6. The highest BCUT2D eigenvalue weighted by atomic mass is 79.9. The van der Waals surface area contributed by atoms with E-state index in [1.807, 2.05) is 0 Å². The second-order valence-electron chi connectivity index (χ2n) is 5.22. The van der Waals surface area contributed by atoms with Crippen LogP contribution in [-0.2, 0) is 25.6 Å². The SMILES string of the molecule is Nc1ncnc2c1cc(Br)n2[C@@H]1O[C@@H]2COP(O)(=S)O[C@H]2[C@H]1O. The third-order valence-electron chi connectivity index (χ3n) is 3.84. The fourth-order valence-electron chi connectivity index (χ4n) is 2.81. The highest BCUT2D eigenvalue weighted by Crippen LogP contribution is 2.53. The number of nitrogen functional groups attached to an aromatic ring is 1. The zero-order chi connectivity index (χ0) is 16.4. The van der Waals surface area contributed by atoms with Crippen LogP contribution in [0.15, 0.2) is 17.0 Å². The number of halogens is 1. The Morgan fingerprint density at radius 2 is 2.26 bits per heavy atom. The molecule has 0 amide bonds. The summed E-state index contributed by atoms with van der Waals surface area (Å²) in [4.78, 5) is 17.9. The molecular formula is C11H12BrN4O5PS. The van der Waals surface area contributed by atoms with Gasteiger partial charge in [-0.05, 0) is 33.8 Å².